The summed E-state index contributed by atoms with van der Waals surface area (Å²) < 4.78 is 8.21. The van der Waals surface area contributed by atoms with E-state index in [0.717, 1.165) is 21.2 Å². The van der Waals surface area contributed by atoms with E-state index in [4.69, 9.17) is 4.74 Å². The second-order valence-electron chi connectivity index (χ2n) is 5.75. The largest absolute Gasteiger partial charge is 0.496 e. The molecule has 2 aromatic carbocycles. The minimum Gasteiger partial charge on any atom is -0.496 e. The highest BCUT2D eigenvalue weighted by Gasteiger charge is 2.13. The zero-order valence-corrected chi connectivity index (χ0v) is 16.5. The van der Waals surface area contributed by atoms with Gasteiger partial charge >= 0.3 is 0 Å². The van der Waals surface area contributed by atoms with Crippen molar-refractivity contribution in [2.45, 2.75) is 6.92 Å². The minimum absolute atomic E-state index is 0.181. The summed E-state index contributed by atoms with van der Waals surface area (Å²) in [6.07, 6.45) is 1.81. The third-order valence-electron chi connectivity index (χ3n) is 4.05. The maximum atomic E-state index is 12.7. The molecule has 2 heterocycles. The molecule has 0 atom stereocenters. The number of hydrogen-bond acceptors (Lipinski definition) is 5. The number of nitrogens with zero attached hydrogens (tertiary/aromatic N) is 3. The molecular formula is C19H14BrN3O2S. The fourth-order valence-corrected chi connectivity index (χ4v) is 4.01. The molecule has 0 radical (unpaired) electrons. The number of thiazole rings is 1. The maximum absolute atomic E-state index is 12.7. The number of rotatable bonds is 3. The highest BCUT2D eigenvalue weighted by Crippen LogP contribution is 2.24. The van der Waals surface area contributed by atoms with E-state index in [1.165, 1.54) is 15.9 Å². The summed E-state index contributed by atoms with van der Waals surface area (Å²) in [6, 6.07) is 13.5. The van der Waals surface area contributed by atoms with Crippen molar-refractivity contribution in [3.05, 3.63) is 73.0 Å². The second-order valence-corrected chi connectivity index (χ2v) is 7.67. The minimum atomic E-state index is -0.181. The molecule has 5 nitrogen and oxygen atoms in total. The van der Waals surface area contributed by atoms with E-state index in [9.17, 15) is 4.79 Å². The number of ether oxygens (including phenoxy) is 1. The van der Waals surface area contributed by atoms with Crippen molar-refractivity contribution in [2.75, 3.05) is 7.11 Å². The second kappa shape index (κ2) is 6.66. The molecule has 7 heteroatoms. The lowest BCUT2D eigenvalue weighted by atomic mass is 10.1. The first-order valence-electron chi connectivity index (χ1n) is 7.87. The summed E-state index contributed by atoms with van der Waals surface area (Å²) in [7, 11) is 1.61. The number of methoxy groups -OCH3 is 1. The Bertz CT molecular complexity index is 1230. The first-order chi connectivity index (χ1) is 12.6. The summed E-state index contributed by atoms with van der Waals surface area (Å²) in [4.78, 5) is 17.8. The Hall–Kier alpha value is -2.51. The molecule has 4 aromatic rings. The van der Waals surface area contributed by atoms with Gasteiger partial charge in [0, 0.05) is 15.6 Å². The number of aromatic nitrogens is 3. The summed E-state index contributed by atoms with van der Waals surface area (Å²) in [5, 5.41) is 4.41. The van der Waals surface area contributed by atoms with E-state index >= 15 is 0 Å². The van der Waals surface area contributed by atoms with Gasteiger partial charge in [-0.1, -0.05) is 51.5 Å². The van der Waals surface area contributed by atoms with Crippen LogP contribution >= 0.6 is 27.3 Å². The van der Waals surface area contributed by atoms with Crippen LogP contribution in [0.4, 0.5) is 0 Å². The maximum Gasteiger partial charge on any atom is 0.291 e. The third-order valence-corrected chi connectivity index (χ3v) is 5.50. The van der Waals surface area contributed by atoms with Gasteiger partial charge in [-0.05, 0) is 36.8 Å². The molecule has 0 amide bonds. The number of halogens is 1. The van der Waals surface area contributed by atoms with E-state index in [1.54, 1.807) is 13.2 Å². The third kappa shape index (κ3) is 2.93. The van der Waals surface area contributed by atoms with Gasteiger partial charge in [0.05, 0.1) is 11.6 Å². The topological polar surface area (TPSA) is 56.5 Å². The molecule has 0 N–H and O–H groups in total. The van der Waals surface area contributed by atoms with Gasteiger partial charge in [0.2, 0.25) is 4.96 Å². The summed E-state index contributed by atoms with van der Waals surface area (Å²) in [5.74, 6) is 1.27. The van der Waals surface area contributed by atoms with Gasteiger partial charge in [0.15, 0.2) is 5.82 Å². The fraction of sp³-hybridized carbons (Fsp3) is 0.105. The number of hydrogen-bond donors (Lipinski definition) is 0. The zero-order valence-electron chi connectivity index (χ0n) is 14.1. The standard InChI is InChI=1S/C19H14BrN3O2S/c1-11-5-3-4-6-14(11)17-21-19-23(22-17)18(24)16(26-19)10-12-9-13(20)7-8-15(12)25-2/h3-10H,1-2H3. The first-order valence-corrected chi connectivity index (χ1v) is 9.48. The van der Waals surface area contributed by atoms with Crippen molar-refractivity contribution in [3.63, 3.8) is 0 Å². The van der Waals surface area contributed by atoms with Crippen molar-refractivity contribution in [3.8, 4) is 17.1 Å². The summed E-state index contributed by atoms with van der Waals surface area (Å²) in [6.45, 7) is 2.00. The van der Waals surface area contributed by atoms with Crippen LogP contribution < -0.4 is 14.8 Å². The van der Waals surface area contributed by atoms with Gasteiger partial charge < -0.3 is 4.74 Å². The molecule has 4 rings (SSSR count). The highest BCUT2D eigenvalue weighted by atomic mass is 79.9. The van der Waals surface area contributed by atoms with Crippen LogP contribution in [0.25, 0.3) is 22.4 Å². The molecule has 0 spiro atoms. The van der Waals surface area contributed by atoms with Gasteiger partial charge in [-0.25, -0.2) is 0 Å². The van der Waals surface area contributed by atoms with E-state index in [-0.39, 0.29) is 5.56 Å². The Morgan fingerprint density at radius 2 is 2.04 bits per heavy atom. The average molecular weight is 428 g/mol. The monoisotopic (exact) mass is 427 g/mol. The van der Waals surface area contributed by atoms with Gasteiger partial charge in [-0.3, -0.25) is 4.79 Å². The Kier molecular flexibility index (Phi) is 4.34. The van der Waals surface area contributed by atoms with Crippen LogP contribution in [-0.2, 0) is 0 Å². The van der Waals surface area contributed by atoms with Gasteiger partial charge in [-0.2, -0.15) is 9.50 Å². The van der Waals surface area contributed by atoms with Crippen molar-refractivity contribution in [1.82, 2.24) is 14.6 Å². The molecule has 0 aliphatic rings. The van der Waals surface area contributed by atoms with E-state index in [1.807, 2.05) is 49.4 Å². The van der Waals surface area contributed by atoms with Crippen molar-refractivity contribution < 1.29 is 4.74 Å². The lowest BCUT2D eigenvalue weighted by molar-refractivity contribution is 0.414. The first kappa shape index (κ1) is 16.9. The Balaban J connectivity index is 1.86. The lowest BCUT2D eigenvalue weighted by Gasteiger charge is -2.04. The molecule has 0 saturated carbocycles. The predicted molar refractivity (Wildman–Crippen MR) is 107 cm³/mol. The molecule has 0 fully saturated rings. The van der Waals surface area contributed by atoms with E-state index in [2.05, 4.69) is 26.0 Å². The molecule has 26 heavy (non-hydrogen) atoms. The number of fused-ring (bicyclic) bond motifs is 1. The van der Waals surface area contributed by atoms with E-state index < -0.39 is 0 Å². The van der Waals surface area contributed by atoms with Crippen molar-refractivity contribution in [1.29, 1.82) is 0 Å². The molecule has 0 aliphatic heterocycles. The zero-order chi connectivity index (χ0) is 18.3. The van der Waals surface area contributed by atoms with Gasteiger partial charge in [0.1, 0.15) is 5.75 Å². The van der Waals surface area contributed by atoms with Crippen LogP contribution in [0.15, 0.2) is 51.7 Å². The normalized spacial score (nSPS) is 12.0. The molecule has 130 valence electrons. The molecular weight excluding hydrogens is 414 g/mol. The van der Waals surface area contributed by atoms with Crippen LogP contribution in [0.5, 0.6) is 5.75 Å². The Morgan fingerprint density at radius 3 is 2.77 bits per heavy atom. The smallest absolute Gasteiger partial charge is 0.291 e. The molecule has 0 bridgehead atoms. The predicted octanol–water partition coefficient (Wildman–Crippen LogP) is 3.45. The van der Waals surface area contributed by atoms with Crippen molar-refractivity contribution in [2.24, 2.45) is 0 Å². The molecule has 0 aliphatic carbocycles. The highest BCUT2D eigenvalue weighted by molar-refractivity contribution is 9.10. The van der Waals surface area contributed by atoms with Crippen LogP contribution in [0, 0.1) is 6.92 Å². The lowest BCUT2D eigenvalue weighted by Crippen LogP contribution is -2.23. The van der Waals surface area contributed by atoms with Crippen LogP contribution in [0.3, 0.4) is 0 Å². The van der Waals surface area contributed by atoms with Crippen LogP contribution in [0.1, 0.15) is 11.1 Å². The summed E-state index contributed by atoms with van der Waals surface area (Å²) >= 11 is 4.76. The van der Waals surface area contributed by atoms with Gasteiger partial charge in [0.25, 0.3) is 5.56 Å². The fourth-order valence-electron chi connectivity index (χ4n) is 2.73. The van der Waals surface area contributed by atoms with Crippen molar-refractivity contribution >= 4 is 38.3 Å². The molecule has 0 saturated heterocycles. The Morgan fingerprint density at radius 1 is 1.23 bits per heavy atom. The van der Waals surface area contributed by atoms with E-state index in [0.29, 0.717) is 21.1 Å². The van der Waals surface area contributed by atoms with Crippen LogP contribution in [0.2, 0.25) is 0 Å². The van der Waals surface area contributed by atoms with Crippen LogP contribution in [-0.4, -0.2) is 21.7 Å². The Labute approximate surface area is 161 Å². The van der Waals surface area contributed by atoms with Gasteiger partial charge in [-0.15, -0.1) is 5.10 Å². The molecule has 2 aromatic heterocycles. The summed E-state index contributed by atoms with van der Waals surface area (Å²) in [5.41, 5.74) is 2.65. The average Bonchev–Trinajstić information content (AvgIpc) is 3.16. The SMILES string of the molecule is COc1ccc(Br)cc1C=c1sc2nc(-c3ccccc3C)nn2c1=O. The number of aryl methyl sites for hydroxylation is 1. The quantitative estimate of drug-likeness (QED) is 0.502. The molecule has 0 unspecified atom stereocenters. The number of benzene rings is 2.